The highest BCUT2D eigenvalue weighted by Crippen LogP contribution is 2.18. The van der Waals surface area contributed by atoms with E-state index in [1.54, 1.807) is 27.2 Å². The van der Waals surface area contributed by atoms with Gasteiger partial charge in [-0.3, -0.25) is 13.8 Å². The summed E-state index contributed by atoms with van der Waals surface area (Å²) >= 11 is 11.2. The largest absolute Gasteiger partial charge is 0.276 e. The van der Waals surface area contributed by atoms with E-state index in [2.05, 4.69) is 10.2 Å². The van der Waals surface area contributed by atoms with E-state index in [-0.39, 0.29) is 5.56 Å². The van der Waals surface area contributed by atoms with E-state index < -0.39 is 0 Å². The number of nitrogens with one attached hydrogen (secondary N) is 1. The molecule has 0 aliphatic rings. The molecular formula is C12H11ClN4OS. The predicted molar refractivity (Wildman–Crippen MR) is 77.4 cm³/mol. The van der Waals surface area contributed by atoms with Crippen LogP contribution in [0.4, 0.5) is 0 Å². The van der Waals surface area contributed by atoms with Crippen molar-refractivity contribution in [1.29, 1.82) is 0 Å². The molecule has 0 unspecified atom stereocenters. The summed E-state index contributed by atoms with van der Waals surface area (Å²) in [5, 5.41) is 7.96. The standard InChI is InChI=1S/C12H11ClN4OS/c1-2-5-16-10(18)8-6-7(13)3-4-9(8)17-11(16)14-15-12(17)19/h3-4,6H,2,5H2,1H3,(H,15,19). The Morgan fingerprint density at radius 1 is 1.47 bits per heavy atom. The van der Waals surface area contributed by atoms with Gasteiger partial charge in [-0.1, -0.05) is 18.5 Å². The molecule has 3 rings (SSSR count). The van der Waals surface area contributed by atoms with E-state index >= 15 is 0 Å². The van der Waals surface area contributed by atoms with Crippen LogP contribution in [-0.4, -0.2) is 19.2 Å². The van der Waals surface area contributed by atoms with Gasteiger partial charge in [-0.05, 0) is 36.8 Å². The zero-order chi connectivity index (χ0) is 13.6. The third-order valence-electron chi connectivity index (χ3n) is 3.02. The van der Waals surface area contributed by atoms with Gasteiger partial charge in [0.1, 0.15) is 0 Å². The fourth-order valence-electron chi connectivity index (χ4n) is 2.22. The van der Waals surface area contributed by atoms with Crippen molar-refractivity contribution < 1.29 is 0 Å². The van der Waals surface area contributed by atoms with E-state index in [4.69, 9.17) is 23.8 Å². The number of H-pyrrole nitrogens is 1. The number of aromatic nitrogens is 4. The first-order valence-electron chi connectivity index (χ1n) is 5.92. The minimum absolute atomic E-state index is 0.0964. The third-order valence-corrected chi connectivity index (χ3v) is 3.53. The minimum Gasteiger partial charge on any atom is -0.276 e. The summed E-state index contributed by atoms with van der Waals surface area (Å²) in [6.07, 6.45) is 0.835. The second-order valence-electron chi connectivity index (χ2n) is 4.28. The molecule has 0 bridgehead atoms. The molecule has 3 aromatic rings. The maximum Gasteiger partial charge on any atom is 0.262 e. The normalized spacial score (nSPS) is 11.5. The lowest BCUT2D eigenvalue weighted by molar-refractivity contribution is 0.663. The number of nitrogens with zero attached hydrogens (tertiary/aromatic N) is 3. The first-order chi connectivity index (χ1) is 9.13. The van der Waals surface area contributed by atoms with E-state index in [1.807, 2.05) is 6.92 Å². The lowest BCUT2D eigenvalue weighted by atomic mass is 10.2. The molecule has 0 saturated heterocycles. The zero-order valence-corrected chi connectivity index (χ0v) is 11.8. The van der Waals surface area contributed by atoms with Crippen molar-refractivity contribution in [3.05, 3.63) is 38.3 Å². The van der Waals surface area contributed by atoms with Crippen molar-refractivity contribution in [3.8, 4) is 0 Å². The molecule has 0 radical (unpaired) electrons. The molecule has 5 nitrogen and oxygen atoms in total. The van der Waals surface area contributed by atoms with Gasteiger partial charge < -0.3 is 0 Å². The predicted octanol–water partition coefficient (Wildman–Crippen LogP) is 2.77. The second kappa shape index (κ2) is 4.47. The molecule has 0 amide bonds. The molecule has 0 aliphatic heterocycles. The summed E-state index contributed by atoms with van der Waals surface area (Å²) in [6, 6.07) is 5.19. The summed E-state index contributed by atoms with van der Waals surface area (Å²) in [5.41, 5.74) is 0.622. The summed E-state index contributed by atoms with van der Waals surface area (Å²) in [7, 11) is 0. The SMILES string of the molecule is CCCn1c(=O)c2cc(Cl)ccc2n2c(=S)[nH]nc12. The molecule has 98 valence electrons. The highest BCUT2D eigenvalue weighted by molar-refractivity contribution is 7.71. The quantitative estimate of drug-likeness (QED) is 0.740. The number of rotatable bonds is 2. The maximum atomic E-state index is 12.5. The molecule has 0 saturated carbocycles. The van der Waals surface area contributed by atoms with Crippen molar-refractivity contribution in [2.45, 2.75) is 19.9 Å². The fraction of sp³-hybridized carbons (Fsp3) is 0.250. The third kappa shape index (κ3) is 1.79. The zero-order valence-electron chi connectivity index (χ0n) is 10.2. The van der Waals surface area contributed by atoms with Crippen molar-refractivity contribution in [1.82, 2.24) is 19.2 Å². The number of benzene rings is 1. The Balaban J connectivity index is 2.63. The van der Waals surface area contributed by atoms with Crippen LogP contribution in [0.3, 0.4) is 0 Å². The average molecular weight is 295 g/mol. The molecule has 1 aromatic carbocycles. The average Bonchev–Trinajstić information content (AvgIpc) is 2.77. The van der Waals surface area contributed by atoms with Crippen LogP contribution in [0.15, 0.2) is 23.0 Å². The Kier molecular flexibility index (Phi) is 2.91. The lowest BCUT2D eigenvalue weighted by Gasteiger charge is -2.09. The van der Waals surface area contributed by atoms with Gasteiger partial charge in [0, 0.05) is 11.6 Å². The smallest absolute Gasteiger partial charge is 0.262 e. The molecule has 0 spiro atoms. The number of hydrogen-bond donors (Lipinski definition) is 1. The number of aryl methyl sites for hydroxylation is 1. The molecular weight excluding hydrogens is 284 g/mol. The highest BCUT2D eigenvalue weighted by Gasteiger charge is 2.12. The van der Waals surface area contributed by atoms with Gasteiger partial charge in [0.25, 0.3) is 5.56 Å². The first kappa shape index (κ1) is 12.4. The molecule has 0 atom stereocenters. The maximum absolute atomic E-state index is 12.5. The fourth-order valence-corrected chi connectivity index (χ4v) is 2.62. The molecule has 2 aromatic heterocycles. The summed E-state index contributed by atoms with van der Waals surface area (Å²) in [6.45, 7) is 2.59. The van der Waals surface area contributed by atoms with E-state index in [9.17, 15) is 4.79 Å². The summed E-state index contributed by atoms with van der Waals surface area (Å²) < 4.78 is 3.84. The van der Waals surface area contributed by atoms with Crippen LogP contribution in [0.1, 0.15) is 13.3 Å². The Hall–Kier alpha value is -1.66. The first-order valence-corrected chi connectivity index (χ1v) is 6.71. The van der Waals surface area contributed by atoms with Crippen LogP contribution in [0, 0.1) is 4.77 Å². The van der Waals surface area contributed by atoms with Crippen LogP contribution >= 0.6 is 23.8 Å². The van der Waals surface area contributed by atoms with Crippen molar-refractivity contribution >= 4 is 40.5 Å². The van der Waals surface area contributed by atoms with Gasteiger partial charge >= 0.3 is 0 Å². The van der Waals surface area contributed by atoms with Crippen LogP contribution < -0.4 is 5.56 Å². The monoisotopic (exact) mass is 294 g/mol. The van der Waals surface area contributed by atoms with Gasteiger partial charge in [0.05, 0.1) is 10.9 Å². The van der Waals surface area contributed by atoms with E-state index in [0.29, 0.717) is 27.5 Å². The Morgan fingerprint density at radius 2 is 2.26 bits per heavy atom. The molecule has 7 heteroatoms. The molecule has 0 fully saturated rings. The Labute approximate surface area is 118 Å². The van der Waals surface area contributed by atoms with Crippen molar-refractivity contribution in [2.24, 2.45) is 0 Å². The van der Waals surface area contributed by atoms with Gasteiger partial charge in [-0.2, -0.15) is 0 Å². The summed E-state index contributed by atoms with van der Waals surface area (Å²) in [5.74, 6) is 0.534. The van der Waals surface area contributed by atoms with Gasteiger partial charge in [-0.25, -0.2) is 5.10 Å². The van der Waals surface area contributed by atoms with E-state index in [1.165, 1.54) is 0 Å². The van der Waals surface area contributed by atoms with Gasteiger partial charge in [0.2, 0.25) is 10.5 Å². The minimum atomic E-state index is -0.0964. The van der Waals surface area contributed by atoms with Crippen molar-refractivity contribution in [3.63, 3.8) is 0 Å². The van der Waals surface area contributed by atoms with Gasteiger partial charge in [0.15, 0.2) is 0 Å². The number of halogens is 1. The number of aromatic amines is 1. The van der Waals surface area contributed by atoms with Gasteiger partial charge in [-0.15, -0.1) is 5.10 Å². The second-order valence-corrected chi connectivity index (χ2v) is 5.11. The molecule has 0 aliphatic carbocycles. The Bertz CT molecular complexity index is 892. The molecule has 2 heterocycles. The lowest BCUT2D eigenvalue weighted by Crippen LogP contribution is -2.23. The topological polar surface area (TPSA) is 55.1 Å². The molecule has 19 heavy (non-hydrogen) atoms. The summed E-state index contributed by atoms with van der Waals surface area (Å²) in [4.78, 5) is 12.5. The molecule has 1 N–H and O–H groups in total. The van der Waals surface area contributed by atoms with Crippen LogP contribution in [-0.2, 0) is 6.54 Å². The van der Waals surface area contributed by atoms with Crippen molar-refractivity contribution in [2.75, 3.05) is 0 Å². The number of fused-ring (bicyclic) bond motifs is 3. The van der Waals surface area contributed by atoms with Crippen LogP contribution in [0.2, 0.25) is 5.02 Å². The number of hydrogen-bond acceptors (Lipinski definition) is 3. The van der Waals surface area contributed by atoms with E-state index in [0.717, 1.165) is 11.9 Å². The van der Waals surface area contributed by atoms with Crippen LogP contribution in [0.25, 0.3) is 16.7 Å². The van der Waals surface area contributed by atoms with Crippen LogP contribution in [0.5, 0.6) is 0 Å². The Morgan fingerprint density at radius 3 is 3.00 bits per heavy atom. The highest BCUT2D eigenvalue weighted by atomic mass is 35.5.